The van der Waals surface area contributed by atoms with Gasteiger partial charge in [-0.15, -0.1) is 0 Å². The van der Waals surface area contributed by atoms with E-state index >= 15 is 0 Å². The molecule has 0 bridgehead atoms. The van der Waals surface area contributed by atoms with Crippen molar-refractivity contribution in [1.29, 1.82) is 0 Å². The van der Waals surface area contributed by atoms with E-state index in [9.17, 15) is 14.4 Å². The van der Waals surface area contributed by atoms with Crippen molar-refractivity contribution in [2.45, 2.75) is 0 Å². The van der Waals surface area contributed by atoms with Crippen LogP contribution in [0.5, 0.6) is 0 Å². The summed E-state index contributed by atoms with van der Waals surface area (Å²) in [5.74, 6) is -1.36. The van der Waals surface area contributed by atoms with Gasteiger partial charge in [-0.2, -0.15) is 0 Å². The van der Waals surface area contributed by atoms with Crippen molar-refractivity contribution < 1.29 is 18.8 Å². The fraction of sp³-hybridized carbons (Fsp3) is 0. The molecule has 0 spiro atoms. The molecule has 1 aromatic carbocycles. The van der Waals surface area contributed by atoms with E-state index in [0.29, 0.717) is 5.56 Å². The van der Waals surface area contributed by atoms with Crippen LogP contribution in [0.4, 0.5) is 0 Å². The van der Waals surface area contributed by atoms with Gasteiger partial charge in [0.15, 0.2) is 11.5 Å². The van der Waals surface area contributed by atoms with E-state index in [1.54, 1.807) is 36.4 Å². The van der Waals surface area contributed by atoms with Crippen LogP contribution < -0.4 is 0 Å². The summed E-state index contributed by atoms with van der Waals surface area (Å²) in [7, 11) is 0. The van der Waals surface area contributed by atoms with Crippen LogP contribution >= 0.6 is 0 Å². The number of fused-ring (bicyclic) bond motifs is 2. The maximum atomic E-state index is 12.4. The Hall–Kier alpha value is -3.34. The molecular formula is C18H9NO4. The number of aromatic nitrogens is 1. The van der Waals surface area contributed by atoms with Crippen LogP contribution in [0, 0.1) is 0 Å². The van der Waals surface area contributed by atoms with E-state index in [-0.39, 0.29) is 34.1 Å². The van der Waals surface area contributed by atoms with E-state index in [4.69, 9.17) is 4.42 Å². The second-order valence-corrected chi connectivity index (χ2v) is 5.11. The van der Waals surface area contributed by atoms with Crippen LogP contribution in [0.15, 0.2) is 59.1 Å². The summed E-state index contributed by atoms with van der Waals surface area (Å²) < 4.78 is 5.41. The van der Waals surface area contributed by atoms with Gasteiger partial charge in [0.25, 0.3) is 0 Å². The van der Waals surface area contributed by atoms with Crippen molar-refractivity contribution in [2.75, 3.05) is 0 Å². The molecule has 5 heteroatoms. The standard InChI is InChI=1S/C18H9NO4/c20-15(10-5-2-1-3-6-10)13-9-12-16(21)14-11(7-4-8-19-14)17(22)18(12)23-13/h1-9H. The molecule has 3 aromatic rings. The van der Waals surface area contributed by atoms with Gasteiger partial charge < -0.3 is 4.42 Å². The van der Waals surface area contributed by atoms with Gasteiger partial charge in [-0.25, -0.2) is 0 Å². The summed E-state index contributed by atoms with van der Waals surface area (Å²) in [5.41, 5.74) is 0.789. The van der Waals surface area contributed by atoms with Gasteiger partial charge in [0, 0.05) is 17.8 Å². The number of nitrogens with zero attached hydrogens (tertiary/aromatic N) is 1. The minimum atomic E-state index is -0.435. The molecule has 0 saturated heterocycles. The Bertz CT molecular complexity index is 917. The number of carbonyl (C=O) groups is 3. The molecule has 0 fully saturated rings. The van der Waals surface area contributed by atoms with Crippen LogP contribution in [-0.4, -0.2) is 22.3 Å². The number of hydrogen-bond donors (Lipinski definition) is 0. The summed E-state index contributed by atoms with van der Waals surface area (Å²) in [6.45, 7) is 0. The number of rotatable bonds is 2. The average Bonchev–Trinajstić information content (AvgIpc) is 3.05. The van der Waals surface area contributed by atoms with Gasteiger partial charge in [-0.1, -0.05) is 30.3 Å². The molecule has 2 heterocycles. The van der Waals surface area contributed by atoms with Crippen LogP contribution in [0.25, 0.3) is 0 Å². The van der Waals surface area contributed by atoms with Gasteiger partial charge in [0.1, 0.15) is 5.69 Å². The highest BCUT2D eigenvalue weighted by atomic mass is 16.4. The Kier molecular flexibility index (Phi) is 2.81. The first-order valence-corrected chi connectivity index (χ1v) is 6.95. The van der Waals surface area contributed by atoms with Gasteiger partial charge >= 0.3 is 0 Å². The molecular weight excluding hydrogens is 294 g/mol. The fourth-order valence-corrected chi connectivity index (χ4v) is 2.59. The lowest BCUT2D eigenvalue weighted by Crippen LogP contribution is -2.20. The number of furan rings is 1. The Morgan fingerprint density at radius 3 is 2.48 bits per heavy atom. The maximum Gasteiger partial charge on any atom is 0.231 e. The molecule has 0 aliphatic heterocycles. The molecule has 2 aromatic heterocycles. The Morgan fingerprint density at radius 2 is 1.70 bits per heavy atom. The second kappa shape index (κ2) is 4.84. The van der Waals surface area contributed by atoms with Crippen molar-refractivity contribution in [1.82, 2.24) is 4.98 Å². The molecule has 1 aliphatic rings. The van der Waals surface area contributed by atoms with Crippen molar-refractivity contribution in [3.05, 3.63) is 88.6 Å². The molecule has 23 heavy (non-hydrogen) atoms. The van der Waals surface area contributed by atoms with Crippen LogP contribution in [0.2, 0.25) is 0 Å². The number of benzene rings is 1. The van der Waals surface area contributed by atoms with E-state index in [2.05, 4.69) is 4.98 Å². The predicted octanol–water partition coefficient (Wildman–Crippen LogP) is 2.68. The number of ketones is 3. The van der Waals surface area contributed by atoms with Crippen molar-refractivity contribution in [3.8, 4) is 0 Å². The van der Waals surface area contributed by atoms with E-state index in [1.165, 1.54) is 18.3 Å². The average molecular weight is 303 g/mol. The molecule has 0 amide bonds. The topological polar surface area (TPSA) is 77.2 Å². The molecule has 1 aliphatic carbocycles. The van der Waals surface area contributed by atoms with Gasteiger partial charge in [0.05, 0.1) is 11.1 Å². The molecule has 4 rings (SSSR count). The molecule has 110 valence electrons. The molecule has 0 radical (unpaired) electrons. The third kappa shape index (κ3) is 1.94. The molecule has 0 saturated carbocycles. The Morgan fingerprint density at radius 1 is 0.913 bits per heavy atom. The quantitative estimate of drug-likeness (QED) is 0.532. The second-order valence-electron chi connectivity index (χ2n) is 5.11. The van der Waals surface area contributed by atoms with E-state index in [0.717, 1.165) is 0 Å². The third-order valence-corrected chi connectivity index (χ3v) is 3.71. The highest BCUT2D eigenvalue weighted by Crippen LogP contribution is 2.29. The monoisotopic (exact) mass is 303 g/mol. The third-order valence-electron chi connectivity index (χ3n) is 3.71. The van der Waals surface area contributed by atoms with Gasteiger partial charge in [-0.3, -0.25) is 19.4 Å². The van der Waals surface area contributed by atoms with Crippen molar-refractivity contribution in [3.63, 3.8) is 0 Å². The lowest BCUT2D eigenvalue weighted by atomic mass is 9.92. The van der Waals surface area contributed by atoms with Gasteiger partial charge in [-0.05, 0) is 12.1 Å². The van der Waals surface area contributed by atoms with Crippen molar-refractivity contribution >= 4 is 17.3 Å². The number of hydrogen-bond acceptors (Lipinski definition) is 5. The molecule has 0 N–H and O–H groups in total. The summed E-state index contributed by atoms with van der Waals surface area (Å²) >= 11 is 0. The van der Waals surface area contributed by atoms with Crippen LogP contribution in [0.3, 0.4) is 0 Å². The summed E-state index contributed by atoms with van der Waals surface area (Å²) in [5, 5.41) is 0. The first kappa shape index (κ1) is 13.3. The normalized spacial score (nSPS) is 12.7. The minimum Gasteiger partial charge on any atom is -0.448 e. The first-order valence-electron chi connectivity index (χ1n) is 6.95. The first-order chi connectivity index (χ1) is 11.2. The predicted molar refractivity (Wildman–Crippen MR) is 79.7 cm³/mol. The van der Waals surface area contributed by atoms with Crippen molar-refractivity contribution in [2.24, 2.45) is 0 Å². The molecule has 0 atom stereocenters. The minimum absolute atomic E-state index is 0.0318. The zero-order chi connectivity index (χ0) is 16.0. The lowest BCUT2D eigenvalue weighted by Gasteiger charge is -2.10. The number of pyridine rings is 1. The fourth-order valence-electron chi connectivity index (χ4n) is 2.59. The summed E-state index contributed by atoms with van der Waals surface area (Å²) in [4.78, 5) is 41.3. The maximum absolute atomic E-state index is 12.4. The van der Waals surface area contributed by atoms with Gasteiger partial charge in [0.2, 0.25) is 17.3 Å². The van der Waals surface area contributed by atoms with E-state index < -0.39 is 11.6 Å². The summed E-state index contributed by atoms with van der Waals surface area (Å²) in [6, 6.07) is 13.0. The Balaban J connectivity index is 1.83. The zero-order valence-electron chi connectivity index (χ0n) is 11.8. The smallest absolute Gasteiger partial charge is 0.231 e. The zero-order valence-corrected chi connectivity index (χ0v) is 11.8. The summed E-state index contributed by atoms with van der Waals surface area (Å²) in [6.07, 6.45) is 1.45. The molecule has 5 nitrogen and oxygen atoms in total. The lowest BCUT2D eigenvalue weighted by molar-refractivity contribution is 0.0948. The Labute approximate surface area is 130 Å². The van der Waals surface area contributed by atoms with Crippen LogP contribution in [-0.2, 0) is 0 Å². The number of carbonyl (C=O) groups excluding carboxylic acids is 3. The highest BCUT2D eigenvalue weighted by Gasteiger charge is 2.35. The van der Waals surface area contributed by atoms with Crippen LogP contribution in [0.1, 0.15) is 48.3 Å². The SMILES string of the molecule is O=C(c1ccccc1)c1cc2c(o1)C(=O)c1cccnc1C2=O. The largest absolute Gasteiger partial charge is 0.448 e. The molecule has 0 unspecified atom stereocenters. The van der Waals surface area contributed by atoms with E-state index in [1.807, 2.05) is 0 Å². The highest BCUT2D eigenvalue weighted by molar-refractivity contribution is 6.27.